The van der Waals surface area contributed by atoms with Gasteiger partial charge in [0, 0.05) is 30.1 Å². The van der Waals surface area contributed by atoms with Crippen LogP contribution in [-0.2, 0) is 0 Å². The molecular weight excluding hydrogens is 338 g/mol. The van der Waals surface area contributed by atoms with E-state index in [-0.39, 0.29) is 12.9 Å². The number of rotatable bonds is 3. The van der Waals surface area contributed by atoms with Crippen LogP contribution in [0.25, 0.3) is 0 Å². The van der Waals surface area contributed by atoms with Crippen LogP contribution in [-0.4, -0.2) is 37.4 Å². The summed E-state index contributed by atoms with van der Waals surface area (Å²) in [5.74, 6) is 3.45. The third-order valence-corrected chi connectivity index (χ3v) is 5.84. The molecule has 0 radical (unpaired) electrons. The van der Waals surface area contributed by atoms with Gasteiger partial charge >= 0.3 is 0 Å². The number of ether oxygens (including phenoxy) is 3. The Bertz CT molecular complexity index is 779. The zero-order chi connectivity index (χ0) is 16.8. The summed E-state index contributed by atoms with van der Waals surface area (Å²) >= 11 is 6.06. The van der Waals surface area contributed by atoms with Crippen LogP contribution in [0.15, 0.2) is 42.5 Å². The van der Waals surface area contributed by atoms with Crippen LogP contribution >= 0.6 is 11.6 Å². The Labute approximate surface area is 152 Å². The average Bonchev–Trinajstić information content (AvgIpc) is 3.21. The fourth-order valence-electron chi connectivity index (χ4n) is 4.36. The highest BCUT2D eigenvalue weighted by Gasteiger charge is 2.43. The molecule has 5 heteroatoms. The highest BCUT2D eigenvalue weighted by atomic mass is 35.5. The van der Waals surface area contributed by atoms with Crippen LogP contribution < -0.4 is 14.2 Å². The summed E-state index contributed by atoms with van der Waals surface area (Å²) in [6.45, 7) is 3.51. The highest BCUT2D eigenvalue weighted by Crippen LogP contribution is 2.42. The Morgan fingerprint density at radius 3 is 2.72 bits per heavy atom. The average molecular weight is 358 g/mol. The molecule has 0 aliphatic carbocycles. The lowest BCUT2D eigenvalue weighted by atomic mass is 9.80. The summed E-state index contributed by atoms with van der Waals surface area (Å²) in [5.41, 5.74) is 1.37. The molecule has 0 aromatic heterocycles. The molecule has 3 aliphatic heterocycles. The molecule has 0 N–H and O–H groups in total. The largest absolute Gasteiger partial charge is 0.489 e. The lowest BCUT2D eigenvalue weighted by Crippen LogP contribution is -2.33. The second-order valence-corrected chi connectivity index (χ2v) is 7.48. The Morgan fingerprint density at radius 1 is 1.00 bits per heavy atom. The van der Waals surface area contributed by atoms with E-state index in [0.717, 1.165) is 41.9 Å². The van der Waals surface area contributed by atoms with Crippen LogP contribution in [0.5, 0.6) is 17.2 Å². The minimum Gasteiger partial charge on any atom is -0.489 e. The molecule has 130 valence electrons. The van der Waals surface area contributed by atoms with Crippen molar-refractivity contribution in [2.75, 3.05) is 26.4 Å². The maximum absolute atomic E-state index is 6.39. The monoisotopic (exact) mass is 357 g/mol. The van der Waals surface area contributed by atoms with E-state index in [1.807, 2.05) is 30.3 Å². The van der Waals surface area contributed by atoms with Gasteiger partial charge in [-0.2, -0.15) is 0 Å². The fourth-order valence-corrected chi connectivity index (χ4v) is 4.48. The van der Waals surface area contributed by atoms with Gasteiger partial charge in [-0.3, -0.25) is 4.90 Å². The molecule has 0 amide bonds. The zero-order valence-corrected chi connectivity index (χ0v) is 14.6. The van der Waals surface area contributed by atoms with E-state index in [1.54, 1.807) is 0 Å². The van der Waals surface area contributed by atoms with E-state index in [4.69, 9.17) is 25.8 Å². The molecule has 3 heterocycles. The van der Waals surface area contributed by atoms with Crippen LogP contribution in [0.3, 0.4) is 0 Å². The fraction of sp³-hybridized carbons (Fsp3) is 0.400. The predicted molar refractivity (Wildman–Crippen MR) is 95.7 cm³/mol. The summed E-state index contributed by atoms with van der Waals surface area (Å²) in [6, 6.07) is 14.2. The maximum atomic E-state index is 6.39. The smallest absolute Gasteiger partial charge is 0.231 e. The molecule has 0 saturated carbocycles. The molecule has 2 aromatic rings. The molecule has 2 aromatic carbocycles. The van der Waals surface area contributed by atoms with Crippen molar-refractivity contribution in [2.24, 2.45) is 5.92 Å². The summed E-state index contributed by atoms with van der Waals surface area (Å²) < 4.78 is 17.2. The summed E-state index contributed by atoms with van der Waals surface area (Å²) in [5, 5.41) is 0.792. The van der Waals surface area contributed by atoms with Crippen molar-refractivity contribution in [2.45, 2.75) is 18.4 Å². The van der Waals surface area contributed by atoms with Crippen molar-refractivity contribution in [1.82, 2.24) is 4.90 Å². The second kappa shape index (κ2) is 6.11. The van der Waals surface area contributed by atoms with Gasteiger partial charge in [0.1, 0.15) is 11.9 Å². The zero-order valence-electron chi connectivity index (χ0n) is 13.9. The molecule has 2 fully saturated rings. The number of hydrogen-bond donors (Lipinski definition) is 0. The van der Waals surface area contributed by atoms with Gasteiger partial charge in [-0.1, -0.05) is 23.7 Å². The molecular formula is C20H20ClNO3. The van der Waals surface area contributed by atoms with Crippen LogP contribution in [0.2, 0.25) is 5.02 Å². The first-order valence-electron chi connectivity index (χ1n) is 8.80. The minimum absolute atomic E-state index is 0.198. The lowest BCUT2D eigenvalue weighted by Gasteiger charge is -2.32. The van der Waals surface area contributed by atoms with Crippen molar-refractivity contribution >= 4 is 11.6 Å². The first-order valence-corrected chi connectivity index (χ1v) is 9.18. The number of nitrogens with zero attached hydrogens (tertiary/aromatic N) is 1. The van der Waals surface area contributed by atoms with Crippen LogP contribution in [0.1, 0.15) is 17.9 Å². The summed E-state index contributed by atoms with van der Waals surface area (Å²) in [6.07, 6.45) is 1.37. The van der Waals surface area contributed by atoms with Gasteiger partial charge in [0.15, 0.2) is 11.5 Å². The van der Waals surface area contributed by atoms with E-state index in [9.17, 15) is 0 Å². The number of hydrogen-bond acceptors (Lipinski definition) is 4. The molecule has 3 aliphatic rings. The van der Waals surface area contributed by atoms with Crippen molar-refractivity contribution in [3.8, 4) is 17.2 Å². The van der Waals surface area contributed by atoms with Gasteiger partial charge in [-0.25, -0.2) is 0 Å². The van der Waals surface area contributed by atoms with Crippen molar-refractivity contribution in [3.05, 3.63) is 53.1 Å². The Morgan fingerprint density at radius 2 is 1.84 bits per heavy atom. The quantitative estimate of drug-likeness (QED) is 0.832. The number of fused-ring (bicyclic) bond motifs is 3. The van der Waals surface area contributed by atoms with Gasteiger partial charge in [0.05, 0.1) is 0 Å². The number of halogens is 1. The van der Waals surface area contributed by atoms with E-state index < -0.39 is 0 Å². The van der Waals surface area contributed by atoms with Crippen molar-refractivity contribution in [3.63, 3.8) is 0 Å². The minimum atomic E-state index is 0.198. The van der Waals surface area contributed by atoms with Crippen molar-refractivity contribution < 1.29 is 14.2 Å². The Kier molecular flexibility index (Phi) is 3.75. The third-order valence-electron chi connectivity index (χ3n) is 5.59. The maximum Gasteiger partial charge on any atom is 0.231 e. The SMILES string of the molecule is Clc1ccc(C2CCN3CC(Oc4ccc5c(c4)OCO5)C2C3)cc1. The first kappa shape index (κ1) is 15.4. The van der Waals surface area contributed by atoms with E-state index in [2.05, 4.69) is 17.0 Å². The van der Waals surface area contributed by atoms with Crippen LogP contribution in [0.4, 0.5) is 0 Å². The van der Waals surface area contributed by atoms with E-state index in [1.165, 1.54) is 12.0 Å². The standard InChI is InChI=1S/C20H20ClNO3/c21-14-3-1-13(2-4-14)16-7-8-22-10-17(16)20(11-22)25-15-5-6-18-19(9-15)24-12-23-18/h1-6,9,16-17,20H,7-8,10-12H2. The molecule has 2 saturated heterocycles. The first-order chi connectivity index (χ1) is 12.3. The highest BCUT2D eigenvalue weighted by molar-refractivity contribution is 6.30. The van der Waals surface area contributed by atoms with Crippen LogP contribution in [0, 0.1) is 5.92 Å². The van der Waals surface area contributed by atoms with Gasteiger partial charge in [-0.05, 0) is 48.7 Å². The Hall–Kier alpha value is -1.91. The predicted octanol–water partition coefficient (Wildman–Crippen LogP) is 3.94. The number of piperidine rings is 1. The molecule has 4 unspecified atom stereocenters. The van der Waals surface area contributed by atoms with E-state index in [0.29, 0.717) is 11.8 Å². The summed E-state index contributed by atoms with van der Waals surface area (Å²) in [4.78, 5) is 2.51. The van der Waals surface area contributed by atoms with Gasteiger partial charge < -0.3 is 14.2 Å². The normalized spacial score (nSPS) is 29.6. The van der Waals surface area contributed by atoms with Gasteiger partial charge in [0.25, 0.3) is 0 Å². The number of benzene rings is 2. The summed E-state index contributed by atoms with van der Waals surface area (Å²) in [7, 11) is 0. The molecule has 4 atom stereocenters. The Balaban J connectivity index is 1.37. The van der Waals surface area contributed by atoms with Gasteiger partial charge in [0.2, 0.25) is 6.79 Å². The third kappa shape index (κ3) is 2.83. The van der Waals surface area contributed by atoms with Gasteiger partial charge in [-0.15, -0.1) is 0 Å². The molecule has 5 rings (SSSR count). The lowest BCUT2D eigenvalue weighted by molar-refractivity contribution is 0.156. The van der Waals surface area contributed by atoms with Crippen molar-refractivity contribution in [1.29, 1.82) is 0 Å². The second-order valence-electron chi connectivity index (χ2n) is 7.04. The molecule has 25 heavy (non-hydrogen) atoms. The van der Waals surface area contributed by atoms with E-state index >= 15 is 0 Å². The topological polar surface area (TPSA) is 30.9 Å². The molecule has 4 nitrogen and oxygen atoms in total. The molecule has 2 bridgehead atoms. The molecule has 0 spiro atoms.